The van der Waals surface area contributed by atoms with Crippen LogP contribution in [0.2, 0.25) is 0 Å². The quantitative estimate of drug-likeness (QED) is 0.839. The summed E-state index contributed by atoms with van der Waals surface area (Å²) >= 11 is 3.10. The van der Waals surface area contributed by atoms with Gasteiger partial charge in [0.05, 0.1) is 25.2 Å². The standard InChI is InChI=1S/C13H17BrN2O4/c1-2-5-13(19)7-16(8-13)11(17)6-15-12(18)9-3-4-10(14)20-9/h3-4,19H,2,5-8H2,1H3,(H,15,18). The first-order valence-electron chi connectivity index (χ1n) is 6.47. The fourth-order valence-corrected chi connectivity index (χ4v) is 2.56. The molecule has 1 fully saturated rings. The summed E-state index contributed by atoms with van der Waals surface area (Å²) in [7, 11) is 0. The summed E-state index contributed by atoms with van der Waals surface area (Å²) in [5.74, 6) is -0.492. The number of aliphatic hydroxyl groups is 1. The number of hydrogen-bond acceptors (Lipinski definition) is 4. The Morgan fingerprint density at radius 1 is 1.50 bits per heavy atom. The van der Waals surface area contributed by atoms with Crippen molar-refractivity contribution in [2.24, 2.45) is 0 Å². The van der Waals surface area contributed by atoms with Crippen LogP contribution in [-0.4, -0.2) is 47.1 Å². The van der Waals surface area contributed by atoms with Crippen LogP contribution in [-0.2, 0) is 4.79 Å². The molecule has 1 aromatic heterocycles. The minimum atomic E-state index is -0.750. The monoisotopic (exact) mass is 344 g/mol. The summed E-state index contributed by atoms with van der Waals surface area (Å²) in [5, 5.41) is 12.5. The lowest BCUT2D eigenvalue weighted by molar-refractivity contribution is -0.155. The average molecular weight is 345 g/mol. The molecule has 20 heavy (non-hydrogen) atoms. The molecule has 0 saturated carbocycles. The van der Waals surface area contributed by atoms with Crippen molar-refractivity contribution >= 4 is 27.7 Å². The molecule has 0 spiro atoms. The first-order chi connectivity index (χ1) is 9.43. The molecule has 1 aliphatic rings. The SMILES string of the molecule is CCCC1(O)CN(C(=O)CNC(=O)c2ccc(Br)o2)C1. The van der Waals surface area contributed by atoms with E-state index in [1.165, 1.54) is 11.0 Å². The smallest absolute Gasteiger partial charge is 0.287 e. The fraction of sp³-hybridized carbons (Fsp3) is 0.538. The number of nitrogens with zero attached hydrogens (tertiary/aromatic N) is 1. The summed E-state index contributed by atoms with van der Waals surface area (Å²) in [5.41, 5.74) is -0.750. The van der Waals surface area contributed by atoms with Crippen LogP contribution < -0.4 is 5.32 Å². The second-order valence-electron chi connectivity index (χ2n) is 5.01. The maximum absolute atomic E-state index is 11.8. The van der Waals surface area contributed by atoms with Crippen LogP contribution >= 0.6 is 15.9 Å². The third kappa shape index (κ3) is 3.40. The van der Waals surface area contributed by atoms with Crippen molar-refractivity contribution in [3.8, 4) is 0 Å². The largest absolute Gasteiger partial charge is 0.444 e. The Morgan fingerprint density at radius 2 is 2.20 bits per heavy atom. The van der Waals surface area contributed by atoms with Gasteiger partial charge in [-0.25, -0.2) is 0 Å². The number of nitrogens with one attached hydrogen (secondary N) is 1. The zero-order valence-electron chi connectivity index (χ0n) is 11.2. The van der Waals surface area contributed by atoms with Gasteiger partial charge in [-0.05, 0) is 34.5 Å². The van der Waals surface area contributed by atoms with E-state index in [0.29, 0.717) is 24.2 Å². The van der Waals surface area contributed by atoms with Crippen LogP contribution in [0.15, 0.2) is 21.2 Å². The predicted octanol–water partition coefficient (Wildman–Crippen LogP) is 1.15. The van der Waals surface area contributed by atoms with E-state index in [4.69, 9.17) is 4.42 Å². The normalized spacial score (nSPS) is 16.6. The van der Waals surface area contributed by atoms with Crippen molar-refractivity contribution in [1.29, 1.82) is 0 Å². The molecular formula is C13H17BrN2O4. The predicted molar refractivity (Wildman–Crippen MR) is 75.2 cm³/mol. The zero-order valence-corrected chi connectivity index (χ0v) is 12.8. The van der Waals surface area contributed by atoms with Gasteiger partial charge in [0, 0.05) is 0 Å². The van der Waals surface area contributed by atoms with Crippen molar-refractivity contribution < 1.29 is 19.1 Å². The molecule has 2 rings (SSSR count). The zero-order chi connectivity index (χ0) is 14.8. The highest BCUT2D eigenvalue weighted by Crippen LogP contribution is 2.25. The molecule has 2 N–H and O–H groups in total. The molecule has 0 radical (unpaired) electrons. The molecule has 1 saturated heterocycles. The van der Waals surface area contributed by atoms with Crippen molar-refractivity contribution in [3.63, 3.8) is 0 Å². The van der Waals surface area contributed by atoms with Crippen LogP contribution in [0.3, 0.4) is 0 Å². The van der Waals surface area contributed by atoms with E-state index in [-0.39, 0.29) is 18.2 Å². The number of rotatable bonds is 5. The first kappa shape index (κ1) is 15.1. The van der Waals surface area contributed by atoms with Crippen LogP contribution in [0.1, 0.15) is 30.3 Å². The fourth-order valence-electron chi connectivity index (χ4n) is 2.26. The summed E-state index contributed by atoms with van der Waals surface area (Å²) in [4.78, 5) is 25.0. The summed E-state index contributed by atoms with van der Waals surface area (Å²) in [6.07, 6.45) is 1.56. The van der Waals surface area contributed by atoms with E-state index < -0.39 is 11.5 Å². The van der Waals surface area contributed by atoms with Crippen LogP contribution in [0.25, 0.3) is 0 Å². The minimum Gasteiger partial charge on any atom is -0.444 e. The summed E-state index contributed by atoms with van der Waals surface area (Å²) in [6.45, 7) is 2.56. The number of halogens is 1. The van der Waals surface area contributed by atoms with Crippen LogP contribution in [0.5, 0.6) is 0 Å². The minimum absolute atomic E-state index is 0.0979. The van der Waals surface area contributed by atoms with Gasteiger partial charge in [0.1, 0.15) is 0 Å². The van der Waals surface area contributed by atoms with Crippen molar-refractivity contribution in [3.05, 3.63) is 22.6 Å². The van der Waals surface area contributed by atoms with Gasteiger partial charge in [0.25, 0.3) is 5.91 Å². The van der Waals surface area contributed by atoms with Gasteiger partial charge in [-0.2, -0.15) is 0 Å². The molecule has 0 aliphatic carbocycles. The number of furan rings is 1. The molecule has 1 aliphatic heterocycles. The second kappa shape index (κ2) is 5.97. The number of hydrogen-bond donors (Lipinski definition) is 2. The summed E-state index contributed by atoms with van der Waals surface area (Å²) in [6, 6.07) is 3.13. The Bertz CT molecular complexity index is 508. The van der Waals surface area contributed by atoms with E-state index in [1.54, 1.807) is 6.07 Å². The maximum atomic E-state index is 11.8. The van der Waals surface area contributed by atoms with E-state index >= 15 is 0 Å². The third-order valence-electron chi connectivity index (χ3n) is 3.24. The Hall–Kier alpha value is -1.34. The Morgan fingerprint density at radius 3 is 2.75 bits per heavy atom. The topological polar surface area (TPSA) is 82.8 Å². The molecule has 0 unspecified atom stereocenters. The van der Waals surface area contributed by atoms with Crippen LogP contribution in [0, 0.1) is 0 Å². The molecule has 2 heterocycles. The molecule has 0 bridgehead atoms. The van der Waals surface area contributed by atoms with E-state index in [9.17, 15) is 14.7 Å². The van der Waals surface area contributed by atoms with Crippen molar-refractivity contribution in [2.75, 3.05) is 19.6 Å². The van der Waals surface area contributed by atoms with Crippen molar-refractivity contribution in [2.45, 2.75) is 25.4 Å². The van der Waals surface area contributed by atoms with Gasteiger partial charge < -0.3 is 19.7 Å². The second-order valence-corrected chi connectivity index (χ2v) is 5.79. The third-order valence-corrected chi connectivity index (χ3v) is 3.66. The molecule has 6 nitrogen and oxygen atoms in total. The van der Waals surface area contributed by atoms with Crippen molar-refractivity contribution in [1.82, 2.24) is 10.2 Å². The molecule has 7 heteroatoms. The summed E-state index contributed by atoms with van der Waals surface area (Å²) < 4.78 is 5.54. The van der Waals surface area contributed by atoms with E-state index in [0.717, 1.165) is 6.42 Å². The Balaban J connectivity index is 1.75. The molecule has 0 aromatic carbocycles. The maximum Gasteiger partial charge on any atom is 0.287 e. The number of likely N-dealkylation sites (tertiary alicyclic amines) is 1. The lowest BCUT2D eigenvalue weighted by atomic mass is 9.89. The van der Waals surface area contributed by atoms with Gasteiger partial charge in [-0.15, -0.1) is 0 Å². The van der Waals surface area contributed by atoms with Gasteiger partial charge in [0.2, 0.25) is 5.91 Å². The molecular weight excluding hydrogens is 328 g/mol. The van der Waals surface area contributed by atoms with E-state index in [1.807, 2.05) is 6.92 Å². The number of carbonyl (C=O) groups excluding carboxylic acids is 2. The lowest BCUT2D eigenvalue weighted by Crippen LogP contribution is -2.64. The van der Waals surface area contributed by atoms with E-state index in [2.05, 4.69) is 21.2 Å². The first-order valence-corrected chi connectivity index (χ1v) is 7.26. The highest BCUT2D eigenvalue weighted by molar-refractivity contribution is 9.10. The lowest BCUT2D eigenvalue weighted by Gasteiger charge is -2.46. The van der Waals surface area contributed by atoms with Crippen LogP contribution in [0.4, 0.5) is 0 Å². The van der Waals surface area contributed by atoms with Gasteiger partial charge >= 0.3 is 0 Å². The van der Waals surface area contributed by atoms with Gasteiger partial charge in [-0.1, -0.05) is 13.3 Å². The Labute approximate surface area is 125 Å². The number of amides is 2. The number of β-amino-alcohol motifs (C(OH)–C–C–N with tert-alkyl or cyclic N) is 1. The molecule has 2 amide bonds. The Kier molecular flexibility index (Phi) is 4.49. The highest BCUT2D eigenvalue weighted by atomic mass is 79.9. The van der Waals surface area contributed by atoms with Gasteiger partial charge in [0.15, 0.2) is 10.4 Å². The molecule has 1 aromatic rings. The molecule has 110 valence electrons. The van der Waals surface area contributed by atoms with Gasteiger partial charge in [-0.3, -0.25) is 9.59 Å². The molecule has 0 atom stereocenters. The highest BCUT2D eigenvalue weighted by Gasteiger charge is 2.42. The number of carbonyl (C=O) groups is 2. The average Bonchev–Trinajstić information content (AvgIpc) is 2.79.